The highest BCUT2D eigenvalue weighted by atomic mass is 16.5. The predicted octanol–water partition coefficient (Wildman–Crippen LogP) is 3.29. The number of rotatable bonds is 7. The lowest BCUT2D eigenvalue weighted by atomic mass is 9.89. The fourth-order valence-corrected chi connectivity index (χ4v) is 3.54. The van der Waals surface area contributed by atoms with Gasteiger partial charge in [0.05, 0.1) is 12.3 Å². The zero-order valence-corrected chi connectivity index (χ0v) is 16.0. The van der Waals surface area contributed by atoms with Crippen LogP contribution in [0.25, 0.3) is 0 Å². The quantitative estimate of drug-likeness (QED) is 0.763. The molecule has 0 bridgehead atoms. The molecule has 1 N–H and O–H groups in total. The molecule has 1 aliphatic rings. The zero-order valence-electron chi connectivity index (χ0n) is 16.0. The van der Waals surface area contributed by atoms with Crippen molar-refractivity contribution in [3.05, 3.63) is 59.2 Å². The summed E-state index contributed by atoms with van der Waals surface area (Å²) in [4.78, 5) is 26.1. The highest BCUT2D eigenvalue weighted by Crippen LogP contribution is 2.43. The Morgan fingerprint density at radius 2 is 1.89 bits per heavy atom. The fourth-order valence-electron chi connectivity index (χ4n) is 3.54. The number of Topliss-reactive ketones (excluding diaryl/α,β-unsaturated/α-hetero) is 1. The second-order valence-corrected chi connectivity index (χ2v) is 7.23. The summed E-state index contributed by atoms with van der Waals surface area (Å²) in [5.74, 6) is 0.142. The third kappa shape index (κ3) is 3.88. The van der Waals surface area contributed by atoms with Gasteiger partial charge in [-0.25, -0.2) is 0 Å². The van der Waals surface area contributed by atoms with Crippen molar-refractivity contribution in [1.82, 2.24) is 0 Å². The smallest absolute Gasteiger partial charge is 0.264 e. The number of aryl methyl sites for hydroxylation is 2. The molecule has 0 spiro atoms. The van der Waals surface area contributed by atoms with Crippen molar-refractivity contribution in [1.29, 1.82) is 0 Å². The van der Waals surface area contributed by atoms with Crippen LogP contribution in [0.4, 0.5) is 5.69 Å². The summed E-state index contributed by atoms with van der Waals surface area (Å²) in [6.07, 6.45) is 0.404. The van der Waals surface area contributed by atoms with E-state index in [1.54, 1.807) is 11.0 Å². The molecule has 27 heavy (non-hydrogen) atoms. The van der Waals surface area contributed by atoms with Crippen LogP contribution in [-0.2, 0) is 15.2 Å². The molecule has 0 radical (unpaired) electrons. The molecule has 1 amide bonds. The summed E-state index contributed by atoms with van der Waals surface area (Å²) < 4.78 is 5.75. The normalized spacial score (nSPS) is 18.5. The van der Waals surface area contributed by atoms with Gasteiger partial charge in [-0.1, -0.05) is 29.8 Å². The lowest BCUT2D eigenvalue weighted by molar-refractivity contribution is -0.141. The SMILES string of the molecule is CC(=O)CC1(O)C(=O)N(CCCOc2cccc(C)c2)c2ccc(C)cc21. The molecule has 0 saturated heterocycles. The van der Waals surface area contributed by atoms with Crippen LogP contribution in [0.1, 0.15) is 36.5 Å². The predicted molar refractivity (Wildman–Crippen MR) is 104 cm³/mol. The molecular formula is C22H25NO4. The van der Waals surface area contributed by atoms with Crippen LogP contribution in [0.2, 0.25) is 0 Å². The first-order valence-electron chi connectivity index (χ1n) is 9.15. The van der Waals surface area contributed by atoms with Gasteiger partial charge in [-0.05, 0) is 51.0 Å². The molecule has 142 valence electrons. The van der Waals surface area contributed by atoms with E-state index in [1.165, 1.54) is 6.92 Å². The van der Waals surface area contributed by atoms with E-state index >= 15 is 0 Å². The molecule has 5 heteroatoms. The van der Waals surface area contributed by atoms with Crippen molar-refractivity contribution >= 4 is 17.4 Å². The van der Waals surface area contributed by atoms with E-state index in [2.05, 4.69) is 0 Å². The third-order valence-corrected chi connectivity index (χ3v) is 4.78. The number of hydrogen-bond donors (Lipinski definition) is 1. The first-order chi connectivity index (χ1) is 12.8. The van der Waals surface area contributed by atoms with Crippen LogP contribution >= 0.6 is 0 Å². The van der Waals surface area contributed by atoms with Gasteiger partial charge in [0.25, 0.3) is 5.91 Å². The Balaban J connectivity index is 1.72. The Labute approximate surface area is 159 Å². The molecule has 2 aromatic carbocycles. The van der Waals surface area contributed by atoms with Crippen molar-refractivity contribution in [2.75, 3.05) is 18.1 Å². The van der Waals surface area contributed by atoms with Gasteiger partial charge in [0, 0.05) is 18.5 Å². The molecule has 2 aromatic rings. The third-order valence-electron chi connectivity index (χ3n) is 4.78. The Bertz CT molecular complexity index is 876. The van der Waals surface area contributed by atoms with Gasteiger partial charge < -0.3 is 14.7 Å². The van der Waals surface area contributed by atoms with Crippen LogP contribution in [0, 0.1) is 13.8 Å². The van der Waals surface area contributed by atoms with Gasteiger partial charge in [-0.2, -0.15) is 0 Å². The molecule has 1 unspecified atom stereocenters. The Kier molecular flexibility index (Phi) is 5.33. The lowest BCUT2D eigenvalue weighted by Gasteiger charge is -2.22. The monoisotopic (exact) mass is 367 g/mol. The molecule has 1 atom stereocenters. The molecule has 1 aliphatic heterocycles. The maximum absolute atomic E-state index is 12.9. The lowest BCUT2D eigenvalue weighted by Crippen LogP contribution is -2.42. The number of ether oxygens (including phenoxy) is 1. The van der Waals surface area contributed by atoms with E-state index in [9.17, 15) is 14.7 Å². The van der Waals surface area contributed by atoms with Crippen molar-refractivity contribution in [3.63, 3.8) is 0 Å². The second-order valence-electron chi connectivity index (χ2n) is 7.23. The molecule has 1 heterocycles. The topological polar surface area (TPSA) is 66.8 Å². The first-order valence-corrected chi connectivity index (χ1v) is 9.15. The van der Waals surface area contributed by atoms with Gasteiger partial charge in [-0.15, -0.1) is 0 Å². The van der Waals surface area contributed by atoms with Crippen LogP contribution in [0.15, 0.2) is 42.5 Å². The van der Waals surface area contributed by atoms with E-state index in [0.29, 0.717) is 30.8 Å². The number of aliphatic hydroxyl groups is 1. The Morgan fingerprint density at radius 3 is 2.59 bits per heavy atom. The van der Waals surface area contributed by atoms with Gasteiger partial charge in [0.2, 0.25) is 0 Å². The maximum atomic E-state index is 12.9. The number of nitrogens with zero attached hydrogens (tertiary/aromatic N) is 1. The number of fused-ring (bicyclic) bond motifs is 1. The number of carbonyl (C=O) groups excluding carboxylic acids is 2. The van der Waals surface area contributed by atoms with E-state index < -0.39 is 11.5 Å². The average molecular weight is 367 g/mol. The van der Waals surface area contributed by atoms with Crippen molar-refractivity contribution < 1.29 is 19.4 Å². The van der Waals surface area contributed by atoms with E-state index in [1.807, 2.05) is 50.2 Å². The molecule has 0 saturated carbocycles. The van der Waals surface area contributed by atoms with Crippen molar-refractivity contribution in [3.8, 4) is 5.75 Å². The van der Waals surface area contributed by atoms with Crippen LogP contribution in [0.5, 0.6) is 5.75 Å². The van der Waals surface area contributed by atoms with Crippen molar-refractivity contribution in [2.24, 2.45) is 0 Å². The maximum Gasteiger partial charge on any atom is 0.264 e. The molecule has 0 fully saturated rings. The Morgan fingerprint density at radius 1 is 1.15 bits per heavy atom. The summed E-state index contributed by atoms with van der Waals surface area (Å²) in [7, 11) is 0. The zero-order chi connectivity index (χ0) is 19.6. The number of benzene rings is 2. The standard InChI is InChI=1S/C22H25NO4/c1-15-6-4-7-18(12-15)27-11-5-10-23-20-9-8-16(2)13-19(20)22(26,21(23)25)14-17(3)24/h4,6-9,12-13,26H,5,10-11,14H2,1-3H3. The van der Waals surface area contributed by atoms with Gasteiger partial charge in [-0.3, -0.25) is 9.59 Å². The average Bonchev–Trinajstić information content (AvgIpc) is 2.79. The van der Waals surface area contributed by atoms with Crippen LogP contribution in [-0.4, -0.2) is 29.9 Å². The number of ketones is 1. The summed E-state index contributed by atoms with van der Waals surface area (Å²) in [5, 5.41) is 11.0. The van der Waals surface area contributed by atoms with Crippen LogP contribution < -0.4 is 9.64 Å². The number of carbonyl (C=O) groups is 2. The summed E-state index contributed by atoms with van der Waals surface area (Å²) >= 11 is 0. The van der Waals surface area contributed by atoms with Crippen LogP contribution in [0.3, 0.4) is 0 Å². The molecule has 0 aromatic heterocycles. The number of amides is 1. The minimum Gasteiger partial charge on any atom is -0.494 e. The first kappa shape index (κ1) is 19.1. The summed E-state index contributed by atoms with van der Waals surface area (Å²) in [6.45, 7) is 6.17. The van der Waals surface area contributed by atoms with Gasteiger partial charge >= 0.3 is 0 Å². The van der Waals surface area contributed by atoms with E-state index in [-0.39, 0.29) is 12.2 Å². The van der Waals surface area contributed by atoms with Gasteiger partial charge in [0.1, 0.15) is 11.5 Å². The summed E-state index contributed by atoms with van der Waals surface area (Å²) in [5.41, 5.74) is 1.48. The van der Waals surface area contributed by atoms with Crippen molar-refractivity contribution in [2.45, 2.75) is 39.2 Å². The fraction of sp³-hybridized carbons (Fsp3) is 0.364. The molecule has 3 rings (SSSR count). The largest absolute Gasteiger partial charge is 0.494 e. The number of anilines is 1. The van der Waals surface area contributed by atoms with Gasteiger partial charge in [0.15, 0.2) is 5.60 Å². The molecule has 0 aliphatic carbocycles. The molecular weight excluding hydrogens is 342 g/mol. The highest BCUT2D eigenvalue weighted by molar-refractivity contribution is 6.08. The Hall–Kier alpha value is -2.66. The van der Waals surface area contributed by atoms with E-state index in [0.717, 1.165) is 16.9 Å². The number of hydrogen-bond acceptors (Lipinski definition) is 4. The second kappa shape index (κ2) is 7.53. The van der Waals surface area contributed by atoms with E-state index in [4.69, 9.17) is 4.74 Å². The molecule has 5 nitrogen and oxygen atoms in total. The minimum absolute atomic E-state index is 0.210. The minimum atomic E-state index is -1.77. The summed E-state index contributed by atoms with van der Waals surface area (Å²) in [6, 6.07) is 13.3. The highest BCUT2D eigenvalue weighted by Gasteiger charge is 2.50.